The molecule has 6 rings (SSSR count). The van der Waals surface area contributed by atoms with Crippen LogP contribution in [0.5, 0.6) is 0 Å². The van der Waals surface area contributed by atoms with Crippen molar-refractivity contribution in [3.63, 3.8) is 0 Å². The van der Waals surface area contributed by atoms with Crippen LogP contribution < -0.4 is 15.5 Å². The van der Waals surface area contributed by atoms with Gasteiger partial charge in [0.25, 0.3) is 5.91 Å². The van der Waals surface area contributed by atoms with Crippen molar-refractivity contribution in [1.82, 2.24) is 25.5 Å². The number of nitrogens with one attached hydrogen (secondary N) is 2. The fraction of sp³-hybridized carbons (Fsp3) is 0.367. The van der Waals surface area contributed by atoms with Gasteiger partial charge in [-0.2, -0.15) is 0 Å². The fourth-order valence-corrected chi connectivity index (χ4v) is 5.99. The van der Waals surface area contributed by atoms with E-state index in [1.165, 1.54) is 0 Å². The summed E-state index contributed by atoms with van der Waals surface area (Å²) in [6.07, 6.45) is 6.47. The quantitative estimate of drug-likeness (QED) is 0.427. The summed E-state index contributed by atoms with van der Waals surface area (Å²) in [5, 5.41) is 6.63. The molecule has 1 aromatic heterocycles. The summed E-state index contributed by atoms with van der Waals surface area (Å²) < 4.78 is 0. The Kier molecular flexibility index (Phi) is 7.49. The number of carbonyl (C=O) groups excluding carboxylic acids is 3. The first-order valence-electron chi connectivity index (χ1n) is 13.7. The summed E-state index contributed by atoms with van der Waals surface area (Å²) in [6, 6.07) is 13.0. The number of hydrogen-bond donors (Lipinski definition) is 2. The third-order valence-electron chi connectivity index (χ3n) is 8.04. The van der Waals surface area contributed by atoms with Crippen LogP contribution in [0.2, 0.25) is 5.02 Å². The number of imide groups is 1. The van der Waals surface area contributed by atoms with E-state index in [0.717, 1.165) is 60.7 Å². The molecular weight excluding hydrogens is 528 g/mol. The van der Waals surface area contributed by atoms with Gasteiger partial charge in [0.2, 0.25) is 17.8 Å². The van der Waals surface area contributed by atoms with Crippen LogP contribution in [-0.2, 0) is 22.7 Å². The van der Waals surface area contributed by atoms with Gasteiger partial charge in [-0.05, 0) is 66.6 Å². The lowest BCUT2D eigenvalue weighted by Crippen LogP contribution is -2.52. The Hall–Kier alpha value is -3.82. The molecule has 2 saturated heterocycles. The maximum Gasteiger partial charge on any atom is 0.255 e. The van der Waals surface area contributed by atoms with E-state index in [-0.39, 0.29) is 24.1 Å². The van der Waals surface area contributed by atoms with E-state index in [4.69, 9.17) is 11.6 Å². The molecule has 1 atom stereocenters. The molecule has 0 aliphatic carbocycles. The van der Waals surface area contributed by atoms with E-state index in [1.807, 2.05) is 48.8 Å². The number of amides is 3. The van der Waals surface area contributed by atoms with E-state index in [1.54, 1.807) is 4.90 Å². The number of anilines is 1. The minimum absolute atomic E-state index is 0.140. The average Bonchev–Trinajstić information content (AvgIpc) is 3.29. The Balaban J connectivity index is 0.973. The fourth-order valence-electron chi connectivity index (χ4n) is 5.80. The third-order valence-corrected chi connectivity index (χ3v) is 8.28. The van der Waals surface area contributed by atoms with E-state index in [0.29, 0.717) is 36.0 Å². The minimum Gasteiger partial charge on any atom is -0.341 e. The predicted octanol–water partition coefficient (Wildman–Crippen LogP) is 3.56. The van der Waals surface area contributed by atoms with Crippen LogP contribution in [0.4, 0.5) is 5.95 Å². The van der Waals surface area contributed by atoms with Crippen LogP contribution in [0, 0.1) is 5.92 Å². The number of halogens is 1. The lowest BCUT2D eigenvalue weighted by Gasteiger charge is -2.32. The van der Waals surface area contributed by atoms with Crippen LogP contribution in [0.3, 0.4) is 0 Å². The van der Waals surface area contributed by atoms with Gasteiger partial charge in [0.05, 0.1) is 0 Å². The number of nitrogens with zero attached hydrogens (tertiary/aromatic N) is 4. The van der Waals surface area contributed by atoms with Crippen molar-refractivity contribution in [3.05, 3.63) is 76.6 Å². The first kappa shape index (κ1) is 26.4. The number of carbonyl (C=O) groups is 3. The molecule has 3 aliphatic rings. The molecule has 0 bridgehead atoms. The van der Waals surface area contributed by atoms with E-state index >= 15 is 0 Å². The lowest BCUT2D eigenvalue weighted by atomic mass is 9.97. The van der Waals surface area contributed by atoms with Crippen molar-refractivity contribution in [2.24, 2.45) is 5.92 Å². The second-order valence-electron chi connectivity index (χ2n) is 10.7. The van der Waals surface area contributed by atoms with Crippen molar-refractivity contribution in [1.29, 1.82) is 0 Å². The molecule has 206 valence electrons. The number of aromatic nitrogens is 2. The second-order valence-corrected chi connectivity index (χ2v) is 11.2. The van der Waals surface area contributed by atoms with Crippen LogP contribution in [0.1, 0.15) is 47.2 Å². The molecule has 4 heterocycles. The Morgan fingerprint density at radius 1 is 0.975 bits per heavy atom. The van der Waals surface area contributed by atoms with Gasteiger partial charge in [-0.1, -0.05) is 35.9 Å². The smallest absolute Gasteiger partial charge is 0.255 e. The highest BCUT2D eigenvalue weighted by atomic mass is 35.5. The maximum absolute atomic E-state index is 12.9. The van der Waals surface area contributed by atoms with Crippen LogP contribution in [-0.4, -0.2) is 58.3 Å². The van der Waals surface area contributed by atoms with Crippen molar-refractivity contribution in [2.75, 3.05) is 24.5 Å². The lowest BCUT2D eigenvalue weighted by molar-refractivity contribution is -0.136. The standard InChI is InChI=1S/C30H31ClN6O3/c31-24-3-1-2-21(13-24)23-16-33-30(34-17-23)36-10-8-19(9-11-36)14-32-15-20-4-5-25-22(12-20)18-37(29(25)40)26-6-7-27(38)35-28(26)39/h1-5,12-13,16-17,19,26,32H,6-11,14-15,18H2,(H,35,38,39). The molecule has 2 aromatic carbocycles. The number of rotatable bonds is 7. The first-order chi connectivity index (χ1) is 19.4. The van der Waals surface area contributed by atoms with Crippen molar-refractivity contribution in [3.8, 4) is 11.1 Å². The molecule has 0 saturated carbocycles. The Labute approximate surface area is 237 Å². The summed E-state index contributed by atoms with van der Waals surface area (Å²) in [5.74, 6) is 0.531. The van der Waals surface area contributed by atoms with E-state index < -0.39 is 6.04 Å². The molecule has 3 aromatic rings. The van der Waals surface area contributed by atoms with Gasteiger partial charge in [0.1, 0.15) is 6.04 Å². The molecule has 9 nitrogen and oxygen atoms in total. The summed E-state index contributed by atoms with van der Waals surface area (Å²) in [5.41, 5.74) is 4.64. The maximum atomic E-state index is 12.9. The molecule has 0 radical (unpaired) electrons. The largest absolute Gasteiger partial charge is 0.341 e. The van der Waals surface area contributed by atoms with Crippen LogP contribution in [0.25, 0.3) is 11.1 Å². The van der Waals surface area contributed by atoms with Crippen LogP contribution >= 0.6 is 11.6 Å². The highest BCUT2D eigenvalue weighted by molar-refractivity contribution is 6.30. The summed E-state index contributed by atoms with van der Waals surface area (Å²) >= 11 is 6.11. The van der Waals surface area contributed by atoms with Gasteiger partial charge in [0.15, 0.2) is 0 Å². The molecule has 0 spiro atoms. The normalized spacial score (nSPS) is 19.6. The van der Waals surface area contributed by atoms with Crippen molar-refractivity contribution < 1.29 is 14.4 Å². The Morgan fingerprint density at radius 3 is 2.52 bits per heavy atom. The number of benzene rings is 2. The topological polar surface area (TPSA) is 108 Å². The molecule has 10 heteroatoms. The molecule has 1 unspecified atom stereocenters. The second kappa shape index (κ2) is 11.3. The van der Waals surface area contributed by atoms with Gasteiger partial charge < -0.3 is 15.1 Å². The molecule has 40 heavy (non-hydrogen) atoms. The monoisotopic (exact) mass is 558 g/mol. The predicted molar refractivity (Wildman–Crippen MR) is 152 cm³/mol. The summed E-state index contributed by atoms with van der Waals surface area (Å²) in [7, 11) is 0. The van der Waals surface area contributed by atoms with Gasteiger partial charge in [-0.15, -0.1) is 0 Å². The van der Waals surface area contributed by atoms with Gasteiger partial charge in [0, 0.05) is 61.1 Å². The summed E-state index contributed by atoms with van der Waals surface area (Å²) in [6.45, 7) is 3.86. The van der Waals surface area contributed by atoms with Gasteiger partial charge in [-0.25, -0.2) is 9.97 Å². The zero-order chi connectivity index (χ0) is 27.6. The van der Waals surface area contributed by atoms with E-state index in [2.05, 4.69) is 31.6 Å². The van der Waals surface area contributed by atoms with Gasteiger partial charge >= 0.3 is 0 Å². The van der Waals surface area contributed by atoms with E-state index in [9.17, 15) is 14.4 Å². The third kappa shape index (κ3) is 5.57. The zero-order valence-electron chi connectivity index (χ0n) is 22.1. The molecule has 3 aliphatic heterocycles. The SMILES string of the molecule is O=C1CCC(N2Cc3cc(CNCC4CCN(c5ncc(-c6cccc(Cl)c6)cn5)CC4)ccc3C2=O)C(=O)N1. The van der Waals surface area contributed by atoms with Crippen molar-refractivity contribution in [2.45, 2.75) is 44.8 Å². The molecular formula is C30H31ClN6O3. The average molecular weight is 559 g/mol. The highest BCUT2D eigenvalue weighted by Crippen LogP contribution is 2.29. The summed E-state index contributed by atoms with van der Waals surface area (Å²) in [4.78, 5) is 49.7. The minimum atomic E-state index is -0.587. The Morgan fingerprint density at radius 2 is 1.77 bits per heavy atom. The van der Waals surface area contributed by atoms with Gasteiger partial charge in [-0.3, -0.25) is 19.7 Å². The Bertz CT molecular complexity index is 1440. The number of piperidine rings is 2. The number of hydrogen-bond acceptors (Lipinski definition) is 7. The van der Waals surface area contributed by atoms with Crippen molar-refractivity contribution >= 4 is 35.3 Å². The zero-order valence-corrected chi connectivity index (χ0v) is 22.9. The first-order valence-corrected chi connectivity index (χ1v) is 14.1. The highest BCUT2D eigenvalue weighted by Gasteiger charge is 2.39. The molecule has 3 amide bonds. The number of fused-ring (bicyclic) bond motifs is 1. The molecule has 2 fully saturated rings. The van der Waals surface area contributed by atoms with Crippen LogP contribution in [0.15, 0.2) is 54.9 Å². The molecule has 2 N–H and O–H groups in total.